The standard InChI is InChI=1S/C44H72INO17/c1-21-12-13-29(48)22(2)17-27(14-15-47)36(63-42-35(52)33(46(8)9)37(25(5)60-42)62-32-19-44(7,54)40(53)26(6)58-32)23(3)30(49)18-31(50)61-41(45)28(16-21)20-57-43-39(56-11)38(55-10)34(51)24(4)59-43/h12-13,15-16,22-28,30,32-43,49,51-54H,14,17-20H2,1-11H3/b13-12+,21-16+/t22-,23+,24?,25?,26?,27+,28?,30-,32+,33?,34-,35?,36-,37-,38?,39?,40+,41+,42?,43-,44?/m1/s1. The molecule has 0 amide bonds. The molecule has 4 rings (SSSR count). The lowest BCUT2D eigenvalue weighted by Crippen LogP contribution is -2.65. The number of aldehydes is 1. The summed E-state index contributed by atoms with van der Waals surface area (Å²) in [5.74, 6) is -3.65. The molecule has 63 heavy (non-hydrogen) atoms. The van der Waals surface area contributed by atoms with Crippen LogP contribution in [0.15, 0.2) is 23.8 Å². The fourth-order valence-corrected chi connectivity index (χ4v) is 9.71. The van der Waals surface area contributed by atoms with E-state index in [2.05, 4.69) is 0 Å². The predicted octanol–water partition coefficient (Wildman–Crippen LogP) is 1.82. The largest absolute Gasteiger partial charge is 0.451 e. The Bertz CT molecular complexity index is 1550. The van der Waals surface area contributed by atoms with Crippen LogP contribution in [-0.4, -0.2) is 185 Å². The van der Waals surface area contributed by atoms with Gasteiger partial charge in [0.05, 0.1) is 55.2 Å². The molecule has 18 nitrogen and oxygen atoms in total. The third-order valence-corrected chi connectivity index (χ3v) is 14.0. The minimum absolute atomic E-state index is 0.0266. The molecule has 3 saturated heterocycles. The van der Waals surface area contributed by atoms with Gasteiger partial charge in [0.1, 0.15) is 42.9 Å². The van der Waals surface area contributed by atoms with Gasteiger partial charge in [0, 0.05) is 44.8 Å². The number of nitrogens with zero attached hydrogens (tertiary/aromatic N) is 1. The molecule has 4 aliphatic rings. The highest BCUT2D eigenvalue weighted by molar-refractivity contribution is 14.1. The molecule has 0 aromatic heterocycles. The number of alkyl halides is 1. The van der Waals surface area contributed by atoms with Crippen LogP contribution in [-0.2, 0) is 57.0 Å². The van der Waals surface area contributed by atoms with Gasteiger partial charge in [-0.2, -0.15) is 0 Å². The lowest BCUT2D eigenvalue weighted by atomic mass is 9.79. The van der Waals surface area contributed by atoms with Gasteiger partial charge >= 0.3 is 5.97 Å². The van der Waals surface area contributed by atoms with Gasteiger partial charge in [-0.05, 0) is 89.7 Å². The maximum Gasteiger partial charge on any atom is 0.309 e. The van der Waals surface area contributed by atoms with Crippen LogP contribution >= 0.6 is 22.6 Å². The molecule has 0 aromatic rings. The van der Waals surface area contributed by atoms with Gasteiger partial charge in [-0.25, -0.2) is 0 Å². The monoisotopic (exact) mass is 1010 g/mol. The molecule has 3 fully saturated rings. The Kier molecular flexibility index (Phi) is 20.6. The van der Waals surface area contributed by atoms with E-state index >= 15 is 0 Å². The Morgan fingerprint density at radius 1 is 0.873 bits per heavy atom. The lowest BCUT2D eigenvalue weighted by Gasteiger charge is -2.50. The molecule has 362 valence electrons. The summed E-state index contributed by atoms with van der Waals surface area (Å²) in [7, 11) is 6.41. The summed E-state index contributed by atoms with van der Waals surface area (Å²) in [4.78, 5) is 41.3. The average molecular weight is 1010 g/mol. The van der Waals surface area contributed by atoms with Crippen LogP contribution in [0.1, 0.15) is 74.1 Å². The second-order valence-corrected chi connectivity index (χ2v) is 19.4. The molecule has 0 saturated carbocycles. The number of esters is 1. The summed E-state index contributed by atoms with van der Waals surface area (Å²) < 4.78 is 53.5. The van der Waals surface area contributed by atoms with Gasteiger partial charge in [-0.15, -0.1) is 0 Å². The van der Waals surface area contributed by atoms with E-state index in [0.29, 0.717) is 11.9 Å². The third kappa shape index (κ3) is 13.8. The van der Waals surface area contributed by atoms with Crippen molar-refractivity contribution in [3.63, 3.8) is 0 Å². The van der Waals surface area contributed by atoms with Gasteiger partial charge in [-0.3, -0.25) is 9.59 Å². The van der Waals surface area contributed by atoms with Crippen molar-refractivity contribution in [3.8, 4) is 0 Å². The van der Waals surface area contributed by atoms with E-state index in [0.717, 1.165) is 0 Å². The number of allylic oxidation sites excluding steroid dienone is 3. The fourth-order valence-electron chi connectivity index (χ4n) is 9.02. The Morgan fingerprint density at radius 2 is 1.52 bits per heavy atom. The average Bonchev–Trinajstić information content (AvgIpc) is 3.20. The van der Waals surface area contributed by atoms with E-state index in [-0.39, 0.29) is 31.7 Å². The molecule has 4 heterocycles. The number of ketones is 1. The van der Waals surface area contributed by atoms with Gasteiger partial charge in [0.25, 0.3) is 0 Å². The molecule has 5 N–H and O–H groups in total. The quantitative estimate of drug-likeness (QED) is 0.0811. The fraction of sp³-hybridized carbons (Fsp3) is 0.841. The van der Waals surface area contributed by atoms with Crippen LogP contribution < -0.4 is 0 Å². The van der Waals surface area contributed by atoms with Crippen molar-refractivity contribution in [3.05, 3.63) is 23.8 Å². The van der Waals surface area contributed by atoms with Crippen molar-refractivity contribution in [2.75, 3.05) is 34.9 Å². The second kappa shape index (κ2) is 24.0. The van der Waals surface area contributed by atoms with Gasteiger partial charge in [0.15, 0.2) is 28.8 Å². The molecule has 0 spiro atoms. The molecule has 0 aliphatic carbocycles. The predicted molar refractivity (Wildman–Crippen MR) is 234 cm³/mol. The number of halogens is 1. The minimum atomic E-state index is -1.49. The topological polar surface area (TPSA) is 239 Å². The van der Waals surface area contributed by atoms with Gasteiger partial charge in [-0.1, -0.05) is 31.6 Å². The SMILES string of the molecule is COC1C(OC)[C@H](O)C(C)O[C@H]1OCC1/C=C(C)/C=C/C(=O)[C@H](C)C[C@H](CC=O)[C@H](OC2OC(C)[C@@H](O[C@H]3CC(C)(O)[C@@H](O)C(C)O3)C(N(C)C)C2O)[C@@H](C)[C@H](O)CC(=O)O[C@@H]1I. The minimum Gasteiger partial charge on any atom is -0.451 e. The van der Waals surface area contributed by atoms with Crippen molar-refractivity contribution >= 4 is 40.6 Å². The smallest absolute Gasteiger partial charge is 0.309 e. The summed E-state index contributed by atoms with van der Waals surface area (Å²) in [5, 5.41) is 55.6. The number of cyclic esters (lactones) is 1. The summed E-state index contributed by atoms with van der Waals surface area (Å²) >= 11 is 1.97. The number of carbonyl (C=O) groups is 3. The Labute approximate surface area is 385 Å². The van der Waals surface area contributed by atoms with Crippen LogP contribution in [0.25, 0.3) is 0 Å². The zero-order chi connectivity index (χ0) is 47.1. The number of carbonyl (C=O) groups excluding carboxylic acids is 3. The van der Waals surface area contributed by atoms with Crippen molar-refractivity contribution in [2.24, 2.45) is 23.7 Å². The first-order valence-corrected chi connectivity index (χ1v) is 23.0. The van der Waals surface area contributed by atoms with E-state index in [1.54, 1.807) is 66.6 Å². The summed E-state index contributed by atoms with van der Waals surface area (Å²) in [6.07, 6.45) is -8.21. The molecule has 0 bridgehead atoms. The van der Waals surface area contributed by atoms with Crippen LogP contribution in [0.2, 0.25) is 0 Å². The van der Waals surface area contributed by atoms with E-state index < -0.39 is 138 Å². The maximum atomic E-state index is 13.7. The molecular weight excluding hydrogens is 941 g/mol. The molecular formula is C44H72INO17. The van der Waals surface area contributed by atoms with E-state index in [9.17, 15) is 39.9 Å². The molecule has 0 aromatic carbocycles. The third-order valence-electron chi connectivity index (χ3n) is 12.8. The second-order valence-electron chi connectivity index (χ2n) is 18.1. The van der Waals surface area contributed by atoms with Crippen LogP contribution in [0.5, 0.6) is 0 Å². The first kappa shape index (κ1) is 54.1. The summed E-state index contributed by atoms with van der Waals surface area (Å²) in [6.45, 7) is 11.7. The number of hydrogen-bond acceptors (Lipinski definition) is 18. The van der Waals surface area contributed by atoms with Crippen LogP contribution in [0, 0.1) is 23.7 Å². The normalized spacial score (nSPS) is 46.5. The number of methoxy groups -OCH3 is 2. The lowest BCUT2D eigenvalue weighted by molar-refractivity contribution is -0.341. The Balaban J connectivity index is 1.60. The Hall–Kier alpha value is -1.54. The molecule has 19 heteroatoms. The highest BCUT2D eigenvalue weighted by Gasteiger charge is 2.52. The number of hydrogen-bond donors (Lipinski definition) is 5. The van der Waals surface area contributed by atoms with E-state index in [1.165, 1.54) is 27.2 Å². The molecule has 0 radical (unpaired) electrons. The zero-order valence-electron chi connectivity index (χ0n) is 38.4. The van der Waals surface area contributed by atoms with E-state index in [4.69, 9.17) is 42.6 Å². The zero-order valence-corrected chi connectivity index (χ0v) is 40.5. The van der Waals surface area contributed by atoms with Crippen molar-refractivity contribution in [2.45, 2.75) is 176 Å². The van der Waals surface area contributed by atoms with E-state index in [1.807, 2.05) is 28.7 Å². The summed E-state index contributed by atoms with van der Waals surface area (Å²) in [5.41, 5.74) is -0.821. The first-order chi connectivity index (χ1) is 29.5. The van der Waals surface area contributed by atoms with Gasteiger partial charge in [0.2, 0.25) is 0 Å². The number of ether oxygens (including phenoxy) is 9. The first-order valence-electron chi connectivity index (χ1n) is 21.8. The number of aliphatic hydroxyl groups excluding tert-OH is 4. The van der Waals surface area contributed by atoms with Crippen LogP contribution in [0.4, 0.5) is 0 Å². The van der Waals surface area contributed by atoms with Crippen molar-refractivity contribution < 1.29 is 82.5 Å². The number of likely N-dealkylation sites (N-methyl/N-ethyl adjacent to an activating group) is 1. The molecule has 10 unspecified atom stereocenters. The Morgan fingerprint density at radius 3 is 2.13 bits per heavy atom. The number of rotatable bonds is 12. The summed E-state index contributed by atoms with van der Waals surface area (Å²) in [6, 6.07) is -0.749. The van der Waals surface area contributed by atoms with Crippen molar-refractivity contribution in [1.29, 1.82) is 0 Å². The van der Waals surface area contributed by atoms with Crippen LogP contribution in [0.3, 0.4) is 0 Å². The molecule has 21 atom stereocenters. The van der Waals surface area contributed by atoms with Gasteiger partial charge < -0.3 is 77.9 Å². The van der Waals surface area contributed by atoms with Crippen molar-refractivity contribution in [1.82, 2.24) is 4.90 Å². The maximum absolute atomic E-state index is 13.7. The highest BCUT2D eigenvalue weighted by atomic mass is 127. The number of aliphatic hydroxyl groups is 5. The highest BCUT2D eigenvalue weighted by Crippen LogP contribution is 2.37. The molecule has 4 aliphatic heterocycles.